The van der Waals surface area contributed by atoms with E-state index in [0.29, 0.717) is 35.2 Å². The minimum Gasteiger partial charge on any atom is -0.449 e. The first-order valence-electron chi connectivity index (χ1n) is 7.36. The highest BCUT2D eigenvalue weighted by Gasteiger charge is 2.22. The molecule has 0 atom stereocenters. The van der Waals surface area contributed by atoms with Crippen molar-refractivity contribution in [2.24, 2.45) is 17.6 Å². The van der Waals surface area contributed by atoms with Crippen molar-refractivity contribution in [2.75, 3.05) is 13.2 Å². The molecule has 0 radical (unpaired) electrons. The summed E-state index contributed by atoms with van der Waals surface area (Å²) in [5.74, 6) is 0.775. The summed E-state index contributed by atoms with van der Waals surface area (Å²) in [6, 6.07) is 3.39. The van der Waals surface area contributed by atoms with Crippen LogP contribution in [-0.2, 0) is 4.74 Å². The average molecular weight is 370 g/mol. The van der Waals surface area contributed by atoms with Gasteiger partial charge in [0.1, 0.15) is 4.60 Å². The summed E-state index contributed by atoms with van der Waals surface area (Å²) in [6.07, 6.45) is 4.92. The molecule has 22 heavy (non-hydrogen) atoms. The lowest BCUT2D eigenvalue weighted by Crippen LogP contribution is -2.32. The van der Waals surface area contributed by atoms with E-state index in [-0.39, 0.29) is 5.91 Å². The van der Waals surface area contributed by atoms with Gasteiger partial charge in [-0.15, -0.1) is 0 Å². The number of aromatic nitrogens is 1. The molecule has 1 heterocycles. The fourth-order valence-corrected chi connectivity index (χ4v) is 3.05. The lowest BCUT2D eigenvalue weighted by Gasteiger charge is -2.28. The van der Waals surface area contributed by atoms with E-state index < -0.39 is 6.09 Å². The first kappa shape index (κ1) is 16.7. The maximum Gasteiger partial charge on any atom is 0.404 e. The van der Waals surface area contributed by atoms with Gasteiger partial charge in [0.25, 0.3) is 5.91 Å². The van der Waals surface area contributed by atoms with E-state index in [1.54, 1.807) is 18.3 Å². The van der Waals surface area contributed by atoms with Gasteiger partial charge in [0.15, 0.2) is 0 Å². The summed E-state index contributed by atoms with van der Waals surface area (Å²) in [5.41, 5.74) is 5.57. The van der Waals surface area contributed by atoms with Gasteiger partial charge in [0.2, 0.25) is 0 Å². The second kappa shape index (κ2) is 8.12. The zero-order chi connectivity index (χ0) is 15.9. The van der Waals surface area contributed by atoms with Gasteiger partial charge in [-0.25, -0.2) is 9.78 Å². The number of halogens is 1. The van der Waals surface area contributed by atoms with Crippen LogP contribution in [0, 0.1) is 11.8 Å². The fourth-order valence-electron chi connectivity index (χ4n) is 2.69. The van der Waals surface area contributed by atoms with E-state index in [9.17, 15) is 9.59 Å². The van der Waals surface area contributed by atoms with Crippen molar-refractivity contribution in [3.05, 3.63) is 28.5 Å². The highest BCUT2D eigenvalue weighted by molar-refractivity contribution is 9.10. The normalized spacial score (nSPS) is 21.1. The Labute approximate surface area is 137 Å². The molecule has 120 valence electrons. The van der Waals surface area contributed by atoms with Gasteiger partial charge in [-0.3, -0.25) is 4.79 Å². The number of nitrogens with zero attached hydrogens (tertiary/aromatic N) is 1. The van der Waals surface area contributed by atoms with E-state index in [1.807, 2.05) is 0 Å². The minimum absolute atomic E-state index is 0.0812. The predicted octanol–water partition coefficient (Wildman–Crippen LogP) is 2.48. The molecule has 1 aromatic rings. The van der Waals surface area contributed by atoms with Gasteiger partial charge in [-0.1, -0.05) is 0 Å². The third kappa shape index (κ3) is 5.29. The topological polar surface area (TPSA) is 94.3 Å². The number of hydrogen-bond acceptors (Lipinski definition) is 4. The SMILES string of the molecule is NC(=O)OC[C@H]1CC[C@H](CNC(=O)c2ccnc(Br)c2)CC1. The smallest absolute Gasteiger partial charge is 0.404 e. The number of primary amides is 1. The number of amides is 2. The van der Waals surface area contributed by atoms with E-state index in [1.165, 1.54) is 0 Å². The van der Waals surface area contributed by atoms with Gasteiger partial charge in [0.05, 0.1) is 6.61 Å². The molecule has 0 bridgehead atoms. The standard InChI is InChI=1S/C15H20BrN3O3/c16-13-7-12(5-6-18-13)14(20)19-8-10-1-3-11(4-2-10)9-22-15(17)21/h5-7,10-11H,1-4,8-9H2,(H2,17,21)(H,19,20)/t10-,11-. The second-order valence-electron chi connectivity index (χ2n) is 5.59. The third-order valence-corrected chi connectivity index (χ3v) is 4.40. The molecule has 3 N–H and O–H groups in total. The molecule has 1 fully saturated rings. The van der Waals surface area contributed by atoms with Crippen molar-refractivity contribution < 1.29 is 14.3 Å². The molecule has 0 aliphatic heterocycles. The molecule has 2 amide bonds. The van der Waals surface area contributed by atoms with Crippen LogP contribution in [0.1, 0.15) is 36.0 Å². The molecule has 1 aliphatic carbocycles. The van der Waals surface area contributed by atoms with Crippen LogP contribution in [0.15, 0.2) is 22.9 Å². The Morgan fingerprint density at radius 2 is 2.00 bits per heavy atom. The summed E-state index contributed by atoms with van der Waals surface area (Å²) in [5, 5.41) is 2.97. The van der Waals surface area contributed by atoms with Gasteiger partial charge < -0.3 is 15.8 Å². The van der Waals surface area contributed by atoms with Crippen molar-refractivity contribution >= 4 is 27.9 Å². The number of ether oxygens (including phenoxy) is 1. The number of nitrogens with one attached hydrogen (secondary N) is 1. The van der Waals surface area contributed by atoms with Crippen molar-refractivity contribution in [1.29, 1.82) is 0 Å². The Balaban J connectivity index is 1.70. The molecule has 0 saturated heterocycles. The number of hydrogen-bond donors (Lipinski definition) is 2. The first-order valence-corrected chi connectivity index (χ1v) is 8.16. The fraction of sp³-hybridized carbons (Fsp3) is 0.533. The second-order valence-corrected chi connectivity index (χ2v) is 6.41. The van der Waals surface area contributed by atoms with Gasteiger partial charge in [-0.05, 0) is 65.6 Å². The van der Waals surface area contributed by atoms with Crippen LogP contribution in [-0.4, -0.2) is 30.1 Å². The molecular formula is C15H20BrN3O3. The van der Waals surface area contributed by atoms with E-state index in [2.05, 4.69) is 26.2 Å². The lowest BCUT2D eigenvalue weighted by molar-refractivity contribution is 0.0928. The highest BCUT2D eigenvalue weighted by Crippen LogP contribution is 2.28. The van der Waals surface area contributed by atoms with Gasteiger partial charge in [-0.2, -0.15) is 0 Å². The summed E-state index contributed by atoms with van der Waals surface area (Å²) in [6.45, 7) is 1.07. The maximum atomic E-state index is 12.1. The molecular weight excluding hydrogens is 350 g/mol. The van der Waals surface area contributed by atoms with Crippen LogP contribution in [0.4, 0.5) is 4.79 Å². The van der Waals surface area contributed by atoms with Gasteiger partial charge >= 0.3 is 6.09 Å². The van der Waals surface area contributed by atoms with Crippen molar-refractivity contribution in [1.82, 2.24) is 10.3 Å². The zero-order valence-electron chi connectivity index (χ0n) is 12.3. The molecule has 7 heteroatoms. The summed E-state index contributed by atoms with van der Waals surface area (Å²) in [4.78, 5) is 26.6. The molecule has 0 unspecified atom stereocenters. The summed E-state index contributed by atoms with van der Waals surface area (Å²) < 4.78 is 5.49. The largest absolute Gasteiger partial charge is 0.449 e. The van der Waals surface area contributed by atoms with Crippen LogP contribution >= 0.6 is 15.9 Å². The van der Waals surface area contributed by atoms with E-state index in [4.69, 9.17) is 10.5 Å². The van der Waals surface area contributed by atoms with Crippen LogP contribution < -0.4 is 11.1 Å². The van der Waals surface area contributed by atoms with Crippen molar-refractivity contribution in [3.8, 4) is 0 Å². The molecule has 6 nitrogen and oxygen atoms in total. The zero-order valence-corrected chi connectivity index (χ0v) is 13.8. The Kier molecular flexibility index (Phi) is 6.18. The number of pyridine rings is 1. The third-order valence-electron chi connectivity index (χ3n) is 3.97. The van der Waals surface area contributed by atoms with Crippen molar-refractivity contribution in [3.63, 3.8) is 0 Å². The van der Waals surface area contributed by atoms with Gasteiger partial charge in [0, 0.05) is 18.3 Å². The molecule has 0 aromatic carbocycles. The number of carbonyl (C=O) groups excluding carboxylic acids is 2. The predicted molar refractivity (Wildman–Crippen MR) is 85.3 cm³/mol. The minimum atomic E-state index is -0.710. The summed E-state index contributed by atoms with van der Waals surface area (Å²) in [7, 11) is 0. The quantitative estimate of drug-likeness (QED) is 0.779. The number of nitrogens with two attached hydrogens (primary N) is 1. The molecule has 2 rings (SSSR count). The van der Waals surface area contributed by atoms with Crippen LogP contribution in [0.2, 0.25) is 0 Å². The monoisotopic (exact) mass is 369 g/mol. The summed E-state index contributed by atoms with van der Waals surface area (Å²) >= 11 is 3.25. The Morgan fingerprint density at radius 3 is 2.64 bits per heavy atom. The average Bonchev–Trinajstić information content (AvgIpc) is 2.51. The number of rotatable bonds is 5. The molecule has 1 saturated carbocycles. The molecule has 0 spiro atoms. The van der Waals surface area contributed by atoms with Crippen LogP contribution in [0.25, 0.3) is 0 Å². The number of carbonyl (C=O) groups is 2. The first-order chi connectivity index (χ1) is 10.5. The Morgan fingerprint density at radius 1 is 1.32 bits per heavy atom. The molecule has 1 aromatic heterocycles. The van der Waals surface area contributed by atoms with Crippen molar-refractivity contribution in [2.45, 2.75) is 25.7 Å². The maximum absolute atomic E-state index is 12.1. The van der Waals surface area contributed by atoms with E-state index in [0.717, 1.165) is 25.7 Å². The Hall–Kier alpha value is -1.63. The Bertz CT molecular complexity index is 531. The lowest BCUT2D eigenvalue weighted by atomic mass is 9.82. The van der Waals surface area contributed by atoms with Crippen LogP contribution in [0.3, 0.4) is 0 Å². The highest BCUT2D eigenvalue weighted by atomic mass is 79.9. The molecule has 1 aliphatic rings. The van der Waals surface area contributed by atoms with E-state index >= 15 is 0 Å². The van der Waals surface area contributed by atoms with Crippen LogP contribution in [0.5, 0.6) is 0 Å².